The Balaban J connectivity index is 2.28. The van der Waals surface area contributed by atoms with Crippen LogP contribution in [0.25, 0.3) is 0 Å². The lowest BCUT2D eigenvalue weighted by Gasteiger charge is -2.40. The van der Waals surface area contributed by atoms with Gasteiger partial charge in [-0.05, 0) is 49.4 Å². The molecule has 0 amide bonds. The molecular formula is C15H23NO. The summed E-state index contributed by atoms with van der Waals surface area (Å²) >= 11 is 0. The van der Waals surface area contributed by atoms with Crippen molar-refractivity contribution in [1.82, 2.24) is 5.32 Å². The SMILES string of the molecule is CC(C)CC1(c2ccc(O)cc2)CCCCN1. The molecule has 0 spiro atoms. The van der Waals surface area contributed by atoms with Crippen molar-refractivity contribution in [3.63, 3.8) is 0 Å². The molecule has 0 bridgehead atoms. The minimum atomic E-state index is 0.125. The first-order valence-corrected chi connectivity index (χ1v) is 6.67. The lowest BCUT2D eigenvalue weighted by molar-refractivity contribution is 0.214. The number of phenols is 1. The average molecular weight is 233 g/mol. The van der Waals surface area contributed by atoms with Gasteiger partial charge in [-0.2, -0.15) is 0 Å². The maximum absolute atomic E-state index is 9.40. The van der Waals surface area contributed by atoms with E-state index in [0.717, 1.165) is 13.0 Å². The Bertz CT molecular complexity index is 350. The van der Waals surface area contributed by atoms with Gasteiger partial charge in [0.1, 0.15) is 5.75 Å². The fourth-order valence-electron chi connectivity index (χ4n) is 2.98. The summed E-state index contributed by atoms with van der Waals surface area (Å²) in [6, 6.07) is 7.73. The van der Waals surface area contributed by atoms with Crippen LogP contribution in [0, 0.1) is 5.92 Å². The van der Waals surface area contributed by atoms with E-state index in [1.807, 2.05) is 0 Å². The molecule has 1 aromatic rings. The van der Waals surface area contributed by atoms with E-state index in [1.54, 1.807) is 12.1 Å². The zero-order valence-corrected chi connectivity index (χ0v) is 10.9. The zero-order valence-electron chi connectivity index (χ0n) is 10.9. The van der Waals surface area contributed by atoms with E-state index < -0.39 is 0 Å². The Labute approximate surface area is 104 Å². The molecule has 0 radical (unpaired) electrons. The third-order valence-electron chi connectivity index (χ3n) is 3.67. The molecule has 2 heteroatoms. The van der Waals surface area contributed by atoms with Gasteiger partial charge in [0, 0.05) is 5.54 Å². The van der Waals surface area contributed by atoms with Crippen molar-refractivity contribution < 1.29 is 5.11 Å². The van der Waals surface area contributed by atoms with Crippen LogP contribution in [-0.2, 0) is 5.54 Å². The Morgan fingerprint density at radius 2 is 1.94 bits per heavy atom. The van der Waals surface area contributed by atoms with Crippen molar-refractivity contribution in [2.24, 2.45) is 5.92 Å². The van der Waals surface area contributed by atoms with Crippen molar-refractivity contribution in [3.05, 3.63) is 29.8 Å². The largest absolute Gasteiger partial charge is 0.508 e. The predicted octanol–water partition coefficient (Wildman–Crippen LogP) is 3.41. The molecule has 1 unspecified atom stereocenters. The second-order valence-corrected chi connectivity index (χ2v) is 5.61. The molecule has 0 saturated carbocycles. The number of nitrogens with one attached hydrogen (secondary N) is 1. The molecule has 1 aliphatic heterocycles. The molecule has 1 saturated heterocycles. The van der Waals surface area contributed by atoms with Crippen LogP contribution in [0.15, 0.2) is 24.3 Å². The molecule has 2 rings (SSSR count). The molecule has 0 aliphatic carbocycles. The molecule has 1 aromatic carbocycles. The Kier molecular flexibility index (Phi) is 3.72. The van der Waals surface area contributed by atoms with Crippen LogP contribution in [0.2, 0.25) is 0 Å². The van der Waals surface area contributed by atoms with Crippen molar-refractivity contribution in [1.29, 1.82) is 0 Å². The van der Waals surface area contributed by atoms with Gasteiger partial charge in [0.2, 0.25) is 0 Å². The molecule has 1 fully saturated rings. The fraction of sp³-hybridized carbons (Fsp3) is 0.600. The summed E-state index contributed by atoms with van der Waals surface area (Å²) < 4.78 is 0. The fourth-order valence-corrected chi connectivity index (χ4v) is 2.98. The van der Waals surface area contributed by atoms with E-state index >= 15 is 0 Å². The van der Waals surface area contributed by atoms with E-state index in [1.165, 1.54) is 24.8 Å². The van der Waals surface area contributed by atoms with Crippen LogP contribution in [0.1, 0.15) is 45.1 Å². The van der Waals surface area contributed by atoms with E-state index in [4.69, 9.17) is 0 Å². The van der Waals surface area contributed by atoms with Gasteiger partial charge in [0.05, 0.1) is 0 Å². The molecule has 1 aliphatic rings. The molecule has 1 heterocycles. The lowest BCUT2D eigenvalue weighted by Crippen LogP contribution is -2.46. The highest BCUT2D eigenvalue weighted by Crippen LogP contribution is 2.36. The van der Waals surface area contributed by atoms with Crippen LogP contribution in [0.5, 0.6) is 5.75 Å². The second kappa shape index (κ2) is 5.09. The summed E-state index contributed by atoms with van der Waals surface area (Å²) in [7, 11) is 0. The number of hydrogen-bond acceptors (Lipinski definition) is 2. The minimum absolute atomic E-state index is 0.125. The maximum atomic E-state index is 9.40. The van der Waals surface area contributed by atoms with Crippen molar-refractivity contribution in [2.45, 2.75) is 45.1 Å². The molecule has 2 nitrogen and oxygen atoms in total. The highest BCUT2D eigenvalue weighted by atomic mass is 16.3. The van der Waals surface area contributed by atoms with Gasteiger partial charge in [0.15, 0.2) is 0 Å². The van der Waals surface area contributed by atoms with Crippen LogP contribution in [0.3, 0.4) is 0 Å². The normalized spacial score (nSPS) is 25.1. The van der Waals surface area contributed by atoms with E-state index in [9.17, 15) is 5.11 Å². The first kappa shape index (κ1) is 12.4. The smallest absolute Gasteiger partial charge is 0.115 e. The van der Waals surface area contributed by atoms with E-state index in [-0.39, 0.29) is 5.54 Å². The standard InChI is InChI=1S/C15H23NO/c1-12(2)11-15(9-3-4-10-16-15)13-5-7-14(17)8-6-13/h5-8,12,16-17H,3-4,9-11H2,1-2H3. The Hall–Kier alpha value is -1.02. The average Bonchev–Trinajstić information content (AvgIpc) is 2.30. The number of piperidine rings is 1. The summed E-state index contributed by atoms with van der Waals surface area (Å²) in [5.74, 6) is 1.03. The first-order chi connectivity index (χ1) is 8.12. The Morgan fingerprint density at radius 1 is 1.24 bits per heavy atom. The number of benzene rings is 1. The number of rotatable bonds is 3. The zero-order chi connectivity index (χ0) is 12.3. The predicted molar refractivity (Wildman–Crippen MR) is 71.1 cm³/mol. The van der Waals surface area contributed by atoms with E-state index in [2.05, 4.69) is 31.3 Å². The molecular weight excluding hydrogens is 210 g/mol. The quantitative estimate of drug-likeness (QED) is 0.838. The lowest BCUT2D eigenvalue weighted by atomic mass is 9.76. The summed E-state index contributed by atoms with van der Waals surface area (Å²) in [4.78, 5) is 0. The van der Waals surface area contributed by atoms with Crippen LogP contribution in [0.4, 0.5) is 0 Å². The summed E-state index contributed by atoms with van der Waals surface area (Å²) in [5, 5.41) is 13.1. The van der Waals surface area contributed by atoms with Crippen LogP contribution >= 0.6 is 0 Å². The van der Waals surface area contributed by atoms with Gasteiger partial charge in [0.25, 0.3) is 0 Å². The third kappa shape index (κ3) is 2.81. The number of hydrogen-bond donors (Lipinski definition) is 2. The van der Waals surface area contributed by atoms with Crippen LogP contribution < -0.4 is 5.32 Å². The first-order valence-electron chi connectivity index (χ1n) is 6.67. The van der Waals surface area contributed by atoms with Gasteiger partial charge < -0.3 is 10.4 Å². The van der Waals surface area contributed by atoms with E-state index in [0.29, 0.717) is 11.7 Å². The number of phenolic OH excluding ortho intramolecular Hbond substituents is 1. The van der Waals surface area contributed by atoms with Crippen molar-refractivity contribution >= 4 is 0 Å². The monoisotopic (exact) mass is 233 g/mol. The van der Waals surface area contributed by atoms with Crippen molar-refractivity contribution in [3.8, 4) is 5.75 Å². The summed E-state index contributed by atoms with van der Waals surface area (Å²) in [6.45, 7) is 5.66. The molecule has 94 valence electrons. The molecule has 2 N–H and O–H groups in total. The van der Waals surface area contributed by atoms with Gasteiger partial charge in [-0.15, -0.1) is 0 Å². The van der Waals surface area contributed by atoms with Gasteiger partial charge >= 0.3 is 0 Å². The van der Waals surface area contributed by atoms with Gasteiger partial charge in [-0.25, -0.2) is 0 Å². The molecule has 17 heavy (non-hydrogen) atoms. The summed E-state index contributed by atoms with van der Waals surface area (Å²) in [5.41, 5.74) is 1.45. The number of aromatic hydroxyl groups is 1. The topological polar surface area (TPSA) is 32.3 Å². The van der Waals surface area contributed by atoms with Crippen LogP contribution in [-0.4, -0.2) is 11.7 Å². The summed E-state index contributed by atoms with van der Waals surface area (Å²) in [6.07, 6.45) is 4.94. The maximum Gasteiger partial charge on any atom is 0.115 e. The second-order valence-electron chi connectivity index (χ2n) is 5.61. The highest BCUT2D eigenvalue weighted by Gasteiger charge is 2.33. The third-order valence-corrected chi connectivity index (χ3v) is 3.67. The van der Waals surface area contributed by atoms with Gasteiger partial charge in [-0.1, -0.05) is 32.4 Å². The van der Waals surface area contributed by atoms with Crippen molar-refractivity contribution in [2.75, 3.05) is 6.54 Å². The minimum Gasteiger partial charge on any atom is -0.508 e. The Morgan fingerprint density at radius 3 is 2.47 bits per heavy atom. The highest BCUT2D eigenvalue weighted by molar-refractivity contribution is 5.31. The molecule has 1 atom stereocenters. The van der Waals surface area contributed by atoms with Gasteiger partial charge in [-0.3, -0.25) is 0 Å². The molecule has 0 aromatic heterocycles.